The van der Waals surface area contributed by atoms with Gasteiger partial charge in [0.15, 0.2) is 11.9 Å². The van der Waals surface area contributed by atoms with Gasteiger partial charge in [0.25, 0.3) is 5.56 Å². The van der Waals surface area contributed by atoms with Crippen molar-refractivity contribution in [1.29, 1.82) is 0 Å². The first kappa shape index (κ1) is 17.9. The standard InChI is InChI=1S/C13H16N4O6S2/c1-13(2,10(20)21)6-9(23-4(3-18)24-6)17-7-5(25-12(17)22)8(19)16-11(14)15-7/h4,6,9,18H,3H2,1-2H3,(H,20,21)(H3,14,15,16,19)/t4-,6-,9-/m0/s1. The number of hydrogen-bond acceptors (Lipinski definition) is 9. The van der Waals surface area contributed by atoms with E-state index in [0.29, 0.717) is 11.3 Å². The Morgan fingerprint density at radius 3 is 2.76 bits per heavy atom. The molecule has 0 aliphatic carbocycles. The van der Waals surface area contributed by atoms with Crippen LogP contribution in [-0.2, 0) is 9.53 Å². The van der Waals surface area contributed by atoms with E-state index in [1.54, 1.807) is 0 Å². The van der Waals surface area contributed by atoms with Gasteiger partial charge in [-0.05, 0) is 13.8 Å². The Morgan fingerprint density at radius 1 is 1.48 bits per heavy atom. The Kier molecular flexibility index (Phi) is 4.39. The largest absolute Gasteiger partial charge is 0.481 e. The van der Waals surface area contributed by atoms with Gasteiger partial charge in [0, 0.05) is 0 Å². The lowest BCUT2D eigenvalue weighted by molar-refractivity contribution is -0.149. The number of aromatic nitrogens is 3. The number of H-pyrrole nitrogens is 1. The van der Waals surface area contributed by atoms with Crippen molar-refractivity contribution in [3.63, 3.8) is 0 Å². The van der Waals surface area contributed by atoms with Crippen molar-refractivity contribution in [2.45, 2.75) is 30.8 Å². The minimum atomic E-state index is -1.26. The number of aliphatic hydroxyl groups is 1. The van der Waals surface area contributed by atoms with E-state index in [2.05, 4.69) is 9.97 Å². The third-order valence-corrected chi connectivity index (χ3v) is 6.63. The van der Waals surface area contributed by atoms with E-state index in [9.17, 15) is 24.6 Å². The highest BCUT2D eigenvalue weighted by Crippen LogP contribution is 2.48. The fourth-order valence-electron chi connectivity index (χ4n) is 2.59. The quantitative estimate of drug-likeness (QED) is 0.555. The van der Waals surface area contributed by atoms with E-state index in [1.165, 1.54) is 13.8 Å². The lowest BCUT2D eigenvalue weighted by atomic mass is 9.88. The molecule has 0 spiro atoms. The molecule has 1 fully saturated rings. The molecule has 1 saturated heterocycles. The highest BCUT2D eigenvalue weighted by molar-refractivity contribution is 8.00. The van der Waals surface area contributed by atoms with Crippen LogP contribution in [0.4, 0.5) is 5.95 Å². The highest BCUT2D eigenvalue weighted by atomic mass is 32.2. The van der Waals surface area contributed by atoms with Crippen LogP contribution in [0.25, 0.3) is 10.3 Å². The van der Waals surface area contributed by atoms with Gasteiger partial charge < -0.3 is 20.7 Å². The molecule has 25 heavy (non-hydrogen) atoms. The number of carboxylic acids is 1. The van der Waals surface area contributed by atoms with E-state index in [-0.39, 0.29) is 22.9 Å². The molecule has 3 heterocycles. The van der Waals surface area contributed by atoms with Gasteiger partial charge in [-0.25, -0.2) is 0 Å². The first-order chi connectivity index (χ1) is 11.7. The molecule has 2 aromatic heterocycles. The second-order valence-electron chi connectivity index (χ2n) is 6.06. The molecule has 0 amide bonds. The number of fused-ring (bicyclic) bond motifs is 1. The highest BCUT2D eigenvalue weighted by Gasteiger charge is 2.50. The average Bonchev–Trinajstić information content (AvgIpc) is 3.08. The summed E-state index contributed by atoms with van der Waals surface area (Å²) in [5.74, 6) is -1.24. The van der Waals surface area contributed by atoms with Crippen LogP contribution in [0.5, 0.6) is 0 Å². The molecule has 0 saturated carbocycles. The second-order valence-corrected chi connectivity index (χ2v) is 8.33. The molecule has 3 atom stereocenters. The zero-order chi connectivity index (χ0) is 18.5. The summed E-state index contributed by atoms with van der Waals surface area (Å²) >= 11 is 1.80. The third-order valence-electron chi connectivity index (χ3n) is 4.01. The molecule has 136 valence electrons. The van der Waals surface area contributed by atoms with Crippen LogP contribution in [0.1, 0.15) is 20.1 Å². The third kappa shape index (κ3) is 2.84. The number of aromatic amines is 1. The smallest absolute Gasteiger partial charge is 0.311 e. The van der Waals surface area contributed by atoms with Crippen LogP contribution in [-0.4, -0.2) is 48.0 Å². The number of aliphatic carboxylic acids is 1. The number of thiazole rings is 1. The van der Waals surface area contributed by atoms with Gasteiger partial charge >= 0.3 is 10.8 Å². The van der Waals surface area contributed by atoms with Crippen molar-refractivity contribution in [1.82, 2.24) is 14.5 Å². The van der Waals surface area contributed by atoms with E-state index in [4.69, 9.17) is 10.5 Å². The molecule has 5 N–H and O–H groups in total. The van der Waals surface area contributed by atoms with Crippen LogP contribution in [0, 0.1) is 5.41 Å². The normalized spacial score (nSPS) is 24.0. The maximum atomic E-state index is 12.5. The Morgan fingerprint density at radius 2 is 2.16 bits per heavy atom. The molecule has 3 rings (SSSR count). The first-order valence-corrected chi connectivity index (χ1v) is 8.98. The summed E-state index contributed by atoms with van der Waals surface area (Å²) in [4.78, 5) is 41.9. The van der Waals surface area contributed by atoms with Crippen molar-refractivity contribution in [2.24, 2.45) is 5.41 Å². The van der Waals surface area contributed by atoms with Crippen LogP contribution in [0.2, 0.25) is 0 Å². The van der Waals surface area contributed by atoms with E-state index >= 15 is 0 Å². The average molecular weight is 388 g/mol. The second kappa shape index (κ2) is 6.12. The van der Waals surface area contributed by atoms with E-state index < -0.39 is 38.7 Å². The predicted molar refractivity (Wildman–Crippen MR) is 92.7 cm³/mol. The van der Waals surface area contributed by atoms with Crippen LogP contribution in [0.3, 0.4) is 0 Å². The van der Waals surface area contributed by atoms with Gasteiger partial charge in [-0.2, -0.15) is 4.98 Å². The molecular formula is C13H16N4O6S2. The summed E-state index contributed by atoms with van der Waals surface area (Å²) < 4.78 is 6.92. The number of ether oxygens (including phenoxy) is 1. The number of aliphatic hydroxyl groups excluding tert-OH is 1. The number of hydrogen-bond donors (Lipinski definition) is 4. The zero-order valence-electron chi connectivity index (χ0n) is 13.3. The molecule has 1 aliphatic heterocycles. The summed E-state index contributed by atoms with van der Waals surface area (Å²) in [6.07, 6.45) is -1.01. The van der Waals surface area contributed by atoms with E-state index in [0.717, 1.165) is 16.3 Å². The van der Waals surface area contributed by atoms with Crippen LogP contribution >= 0.6 is 23.1 Å². The minimum Gasteiger partial charge on any atom is -0.481 e. The first-order valence-electron chi connectivity index (χ1n) is 7.22. The maximum Gasteiger partial charge on any atom is 0.311 e. The molecule has 0 unspecified atom stereocenters. The minimum absolute atomic E-state index is 0.0339. The number of nitrogens with two attached hydrogens (primary N) is 1. The maximum absolute atomic E-state index is 12.5. The Balaban J connectivity index is 2.21. The molecule has 0 aromatic carbocycles. The zero-order valence-corrected chi connectivity index (χ0v) is 14.9. The molecule has 2 aromatic rings. The summed E-state index contributed by atoms with van der Waals surface area (Å²) in [5.41, 5.74) is 3.08. The van der Waals surface area contributed by atoms with Crippen molar-refractivity contribution in [3.05, 3.63) is 20.0 Å². The van der Waals surface area contributed by atoms with Crippen molar-refractivity contribution in [3.8, 4) is 0 Å². The number of nitrogens with one attached hydrogen (secondary N) is 1. The van der Waals surface area contributed by atoms with Crippen molar-refractivity contribution in [2.75, 3.05) is 12.3 Å². The number of nitrogen functional groups attached to an aromatic ring is 1. The molecule has 1 aliphatic rings. The fourth-order valence-corrected chi connectivity index (χ4v) is 4.79. The molecule has 10 nitrogen and oxygen atoms in total. The molecule has 0 bridgehead atoms. The number of nitrogens with zero attached hydrogens (tertiary/aromatic N) is 2. The topological polar surface area (TPSA) is 161 Å². The number of anilines is 1. The van der Waals surface area contributed by atoms with Gasteiger partial charge in [-0.15, -0.1) is 11.8 Å². The lowest BCUT2D eigenvalue weighted by Gasteiger charge is -2.29. The summed E-state index contributed by atoms with van der Waals surface area (Å²) in [7, 11) is 0. The summed E-state index contributed by atoms with van der Waals surface area (Å²) in [6, 6.07) is 0. The Bertz CT molecular complexity index is 948. The predicted octanol–water partition coefficient (Wildman–Crippen LogP) is -0.212. The lowest BCUT2D eigenvalue weighted by Crippen LogP contribution is -2.40. The number of rotatable bonds is 4. The van der Waals surface area contributed by atoms with E-state index in [1.807, 2.05) is 0 Å². The Hall–Kier alpha value is -1.89. The van der Waals surface area contributed by atoms with Crippen molar-refractivity contribution < 1.29 is 19.7 Å². The molecule has 12 heteroatoms. The Labute approximate surface area is 148 Å². The number of carbonyl (C=O) groups is 1. The van der Waals surface area contributed by atoms with Crippen molar-refractivity contribution >= 4 is 45.4 Å². The summed E-state index contributed by atoms with van der Waals surface area (Å²) in [5, 5.41) is 18.3. The van der Waals surface area contributed by atoms with Crippen LogP contribution in [0.15, 0.2) is 9.59 Å². The van der Waals surface area contributed by atoms with Gasteiger partial charge in [-0.3, -0.25) is 23.9 Å². The van der Waals surface area contributed by atoms with Gasteiger partial charge in [0.2, 0.25) is 5.95 Å². The number of thioether (sulfide) groups is 1. The van der Waals surface area contributed by atoms with Crippen LogP contribution < -0.4 is 16.2 Å². The monoisotopic (exact) mass is 388 g/mol. The van der Waals surface area contributed by atoms with Gasteiger partial charge in [0.1, 0.15) is 10.1 Å². The molecule has 0 radical (unpaired) electrons. The van der Waals surface area contributed by atoms with Gasteiger partial charge in [-0.1, -0.05) is 11.3 Å². The summed E-state index contributed by atoms with van der Waals surface area (Å²) in [6.45, 7) is 2.68. The van der Waals surface area contributed by atoms with Gasteiger partial charge in [0.05, 0.1) is 17.3 Å². The molecular weight excluding hydrogens is 372 g/mol. The fraction of sp³-hybridized carbons (Fsp3) is 0.538. The number of carboxylic acid groups (broad SMARTS) is 1. The SMILES string of the molecule is CC(C)(C(=O)O)[C@H]1S[C@@H](CO)O[C@@H]1n1c(=O)sc2c(=O)[nH]c(N)nc21.